The molecule has 2 atom stereocenters. The Hall–Kier alpha value is -2.42. The predicted octanol–water partition coefficient (Wildman–Crippen LogP) is 5.53. The first kappa shape index (κ1) is 25.2. The number of hydrogen-bond donors (Lipinski definition) is 1. The molecule has 1 aliphatic heterocycles. The van der Waals surface area contributed by atoms with Gasteiger partial charge in [0.2, 0.25) is 0 Å². The summed E-state index contributed by atoms with van der Waals surface area (Å²) in [5.74, 6) is -0.578. The minimum atomic E-state index is -0.746. The Morgan fingerprint density at radius 3 is 2.30 bits per heavy atom. The van der Waals surface area contributed by atoms with Gasteiger partial charge in [-0.3, -0.25) is 18.8 Å². The Labute approximate surface area is 207 Å². The Balaban J connectivity index is 1.71. The second-order valence-corrected chi connectivity index (χ2v) is 9.69. The number of nitrogens with one attached hydrogen (secondary N) is 1. The number of benzene rings is 2. The number of nitrogens with zero attached hydrogens (tertiary/aromatic N) is 2. The summed E-state index contributed by atoms with van der Waals surface area (Å²) >= 11 is 13.0. The molecular weight excluding hydrogens is 485 g/mol. The number of carbonyl (C=O) groups is 3. The number of amides is 3. The van der Waals surface area contributed by atoms with Crippen molar-refractivity contribution < 1.29 is 19.1 Å². The lowest BCUT2D eigenvalue weighted by atomic mass is 10.1. The van der Waals surface area contributed by atoms with Gasteiger partial charge < -0.3 is 10.1 Å². The molecule has 1 saturated heterocycles. The third kappa shape index (κ3) is 7.03. The lowest BCUT2D eigenvalue weighted by Crippen LogP contribution is -2.46. The monoisotopic (exact) mass is 509 g/mol. The smallest absolute Gasteiger partial charge is 0.335 e. The summed E-state index contributed by atoms with van der Waals surface area (Å²) in [6.45, 7) is 3.99. The van der Waals surface area contributed by atoms with E-state index in [0.717, 1.165) is 23.9 Å². The average Bonchev–Trinajstić information content (AvgIpc) is 3.08. The van der Waals surface area contributed by atoms with Crippen molar-refractivity contribution in [3.63, 3.8) is 0 Å². The first-order chi connectivity index (χ1) is 15.8. The number of urea groups is 1. The Morgan fingerprint density at radius 1 is 1.09 bits per heavy atom. The third-order valence-electron chi connectivity index (χ3n) is 5.15. The first-order valence-corrected chi connectivity index (χ1v) is 12.1. The molecule has 2 aromatic rings. The van der Waals surface area contributed by atoms with Crippen LogP contribution in [0.15, 0.2) is 48.5 Å². The van der Waals surface area contributed by atoms with E-state index in [1.54, 1.807) is 36.4 Å². The van der Waals surface area contributed by atoms with Crippen molar-refractivity contribution >= 4 is 53.1 Å². The summed E-state index contributed by atoms with van der Waals surface area (Å²) in [6, 6.07) is 13.2. The topological polar surface area (TPSA) is 79.0 Å². The molecule has 1 N–H and O–H groups in total. The van der Waals surface area contributed by atoms with E-state index in [0.29, 0.717) is 22.2 Å². The second kappa shape index (κ2) is 11.6. The normalized spacial score (nSPS) is 16.6. The molecule has 0 aliphatic carbocycles. The van der Waals surface area contributed by atoms with Crippen LogP contribution in [0.2, 0.25) is 10.0 Å². The Kier molecular flexibility index (Phi) is 8.88. The highest BCUT2D eigenvalue weighted by atomic mass is 35.5. The van der Waals surface area contributed by atoms with Crippen LogP contribution in [0.1, 0.15) is 42.6 Å². The summed E-state index contributed by atoms with van der Waals surface area (Å²) in [5.41, 5.74) is 0.528. The Bertz CT molecular complexity index is 988. The fourth-order valence-corrected chi connectivity index (χ4v) is 4.32. The molecule has 3 rings (SSSR count). The number of esters is 1. The van der Waals surface area contributed by atoms with E-state index < -0.39 is 5.50 Å². The summed E-state index contributed by atoms with van der Waals surface area (Å²) in [6.07, 6.45) is 1.12. The van der Waals surface area contributed by atoms with E-state index in [4.69, 9.17) is 27.9 Å². The molecule has 176 valence electrons. The number of hydrogen-bond acceptors (Lipinski definition) is 5. The van der Waals surface area contributed by atoms with Crippen LogP contribution < -0.4 is 5.32 Å². The molecule has 33 heavy (non-hydrogen) atoms. The maximum Gasteiger partial charge on any atom is 0.335 e. The van der Waals surface area contributed by atoms with Gasteiger partial charge >= 0.3 is 12.0 Å². The van der Waals surface area contributed by atoms with Gasteiger partial charge in [0.25, 0.3) is 5.91 Å². The molecule has 7 nitrogen and oxygen atoms in total. The standard InChI is InChI=1S/C23H25Cl2N3O4S/c1-3-15(2)12-20(29)32-14-27-22(26-21(30)17-6-10-19(25)11-7-17)33-28(23(27)31)13-16-4-8-18(24)9-5-16/h4-11,15,22H,3,12-14H2,1-2H3,(H,26,30). The maximum atomic E-state index is 13.1. The van der Waals surface area contributed by atoms with E-state index in [1.165, 1.54) is 9.21 Å². The van der Waals surface area contributed by atoms with Crippen molar-refractivity contribution in [3.05, 3.63) is 69.7 Å². The zero-order valence-corrected chi connectivity index (χ0v) is 20.6. The fraction of sp³-hybridized carbons (Fsp3) is 0.348. The first-order valence-electron chi connectivity index (χ1n) is 10.5. The van der Waals surface area contributed by atoms with Crippen LogP contribution in [0.3, 0.4) is 0 Å². The third-order valence-corrected chi connectivity index (χ3v) is 6.76. The molecule has 0 radical (unpaired) electrons. The molecule has 10 heteroatoms. The van der Waals surface area contributed by atoms with Crippen LogP contribution in [-0.2, 0) is 16.1 Å². The SMILES string of the molecule is CCC(C)CC(=O)OCN1C(=O)N(Cc2ccc(Cl)cc2)SC1NC(=O)c1ccc(Cl)cc1. The van der Waals surface area contributed by atoms with E-state index in [2.05, 4.69) is 5.32 Å². The summed E-state index contributed by atoms with van der Waals surface area (Å²) in [5, 5.41) is 3.94. The largest absolute Gasteiger partial charge is 0.444 e. The van der Waals surface area contributed by atoms with Gasteiger partial charge in [-0.15, -0.1) is 0 Å². The van der Waals surface area contributed by atoms with E-state index in [9.17, 15) is 14.4 Å². The fourth-order valence-electron chi connectivity index (χ4n) is 2.98. The lowest BCUT2D eigenvalue weighted by Gasteiger charge is -2.22. The van der Waals surface area contributed by atoms with Gasteiger partial charge in [-0.1, -0.05) is 55.6 Å². The van der Waals surface area contributed by atoms with Crippen molar-refractivity contribution in [2.45, 2.75) is 38.7 Å². The van der Waals surface area contributed by atoms with Crippen molar-refractivity contribution in [1.29, 1.82) is 0 Å². The number of rotatable bonds is 9. The van der Waals surface area contributed by atoms with Crippen LogP contribution in [0.4, 0.5) is 4.79 Å². The molecule has 0 saturated carbocycles. The molecule has 3 amide bonds. The summed E-state index contributed by atoms with van der Waals surface area (Å²) < 4.78 is 6.87. The molecule has 1 fully saturated rings. The molecule has 0 spiro atoms. The predicted molar refractivity (Wildman–Crippen MR) is 130 cm³/mol. The minimum Gasteiger partial charge on any atom is -0.444 e. The van der Waals surface area contributed by atoms with Crippen molar-refractivity contribution in [2.75, 3.05) is 6.73 Å². The summed E-state index contributed by atoms with van der Waals surface area (Å²) in [7, 11) is 0. The van der Waals surface area contributed by atoms with Gasteiger partial charge in [0.15, 0.2) is 12.2 Å². The van der Waals surface area contributed by atoms with E-state index in [-0.39, 0.29) is 37.0 Å². The highest BCUT2D eigenvalue weighted by molar-refractivity contribution is 7.98. The van der Waals surface area contributed by atoms with Crippen LogP contribution in [0.25, 0.3) is 0 Å². The second-order valence-electron chi connectivity index (χ2n) is 7.72. The number of ether oxygens (including phenoxy) is 1. The molecule has 2 unspecified atom stereocenters. The molecular formula is C23H25Cl2N3O4S. The van der Waals surface area contributed by atoms with Gasteiger partial charge in [-0.25, -0.2) is 4.79 Å². The average molecular weight is 510 g/mol. The molecule has 0 bridgehead atoms. The molecule has 1 aliphatic rings. The van der Waals surface area contributed by atoms with Crippen LogP contribution in [0, 0.1) is 5.92 Å². The van der Waals surface area contributed by atoms with Crippen LogP contribution >= 0.6 is 35.1 Å². The quantitative estimate of drug-likeness (QED) is 0.355. The van der Waals surface area contributed by atoms with Gasteiger partial charge in [0, 0.05) is 34.0 Å². The van der Waals surface area contributed by atoms with Gasteiger partial charge in [0.1, 0.15) is 0 Å². The zero-order chi connectivity index (χ0) is 24.0. The van der Waals surface area contributed by atoms with Gasteiger partial charge in [-0.05, 0) is 47.9 Å². The Morgan fingerprint density at radius 2 is 1.70 bits per heavy atom. The number of halogens is 2. The van der Waals surface area contributed by atoms with Crippen LogP contribution in [-0.4, -0.2) is 39.3 Å². The van der Waals surface area contributed by atoms with Crippen molar-refractivity contribution in [3.8, 4) is 0 Å². The molecule has 2 aromatic carbocycles. The van der Waals surface area contributed by atoms with Crippen molar-refractivity contribution in [2.24, 2.45) is 5.92 Å². The number of carbonyl (C=O) groups excluding carboxylic acids is 3. The van der Waals surface area contributed by atoms with Gasteiger partial charge in [-0.2, -0.15) is 0 Å². The zero-order valence-electron chi connectivity index (χ0n) is 18.3. The summed E-state index contributed by atoms with van der Waals surface area (Å²) in [4.78, 5) is 39.3. The van der Waals surface area contributed by atoms with Crippen LogP contribution in [0.5, 0.6) is 0 Å². The van der Waals surface area contributed by atoms with E-state index >= 15 is 0 Å². The molecule has 0 aromatic heterocycles. The highest BCUT2D eigenvalue weighted by Crippen LogP contribution is 2.31. The van der Waals surface area contributed by atoms with Gasteiger partial charge in [0.05, 0.1) is 6.54 Å². The lowest BCUT2D eigenvalue weighted by molar-refractivity contribution is -0.148. The van der Waals surface area contributed by atoms with E-state index in [1.807, 2.05) is 26.0 Å². The minimum absolute atomic E-state index is 0.183. The van der Waals surface area contributed by atoms with Crippen molar-refractivity contribution in [1.82, 2.24) is 14.5 Å². The maximum absolute atomic E-state index is 13.1. The highest BCUT2D eigenvalue weighted by Gasteiger charge is 2.40. The molecule has 1 heterocycles.